The van der Waals surface area contributed by atoms with Gasteiger partial charge in [0.1, 0.15) is 15.9 Å². The maximum Gasteiger partial charge on any atom is 0.389 e. The molecular formula is C10H17F3N2O5S. The number of carboxylic acid groups (broad SMARTS) is 1. The Labute approximate surface area is 119 Å². The zero-order valence-corrected chi connectivity index (χ0v) is 12.1. The zero-order chi connectivity index (χ0) is 16.7. The first-order valence-corrected chi connectivity index (χ1v) is 7.98. The van der Waals surface area contributed by atoms with Crippen molar-refractivity contribution in [2.45, 2.75) is 31.5 Å². The molecule has 0 saturated carbocycles. The van der Waals surface area contributed by atoms with Crippen molar-refractivity contribution in [1.82, 2.24) is 10.6 Å². The highest BCUT2D eigenvalue weighted by molar-refractivity contribution is 7.90. The van der Waals surface area contributed by atoms with Crippen LogP contribution in [-0.2, 0) is 14.6 Å². The van der Waals surface area contributed by atoms with Crippen LogP contribution in [0.3, 0.4) is 0 Å². The lowest BCUT2D eigenvalue weighted by atomic mass is 10.2. The van der Waals surface area contributed by atoms with E-state index in [2.05, 4.69) is 5.32 Å². The molecule has 1 atom stereocenters. The molecule has 0 rings (SSSR count). The Balaban J connectivity index is 4.15. The first-order chi connectivity index (χ1) is 9.41. The van der Waals surface area contributed by atoms with Crippen molar-refractivity contribution in [3.63, 3.8) is 0 Å². The topological polar surface area (TPSA) is 113 Å². The summed E-state index contributed by atoms with van der Waals surface area (Å²) in [6, 6.07) is -2.39. The number of carbonyl (C=O) groups excluding carboxylic acids is 1. The monoisotopic (exact) mass is 334 g/mol. The second-order valence-electron chi connectivity index (χ2n) is 4.43. The average Bonchev–Trinajstić information content (AvgIpc) is 2.27. The molecule has 0 saturated heterocycles. The van der Waals surface area contributed by atoms with Gasteiger partial charge in [0.25, 0.3) is 0 Å². The summed E-state index contributed by atoms with van der Waals surface area (Å²) in [6.07, 6.45) is -5.13. The van der Waals surface area contributed by atoms with Crippen LogP contribution in [0.2, 0.25) is 0 Å². The van der Waals surface area contributed by atoms with E-state index in [-0.39, 0.29) is 19.4 Å². The second-order valence-corrected chi connectivity index (χ2v) is 6.69. The van der Waals surface area contributed by atoms with Crippen LogP contribution in [0.15, 0.2) is 0 Å². The van der Waals surface area contributed by atoms with E-state index in [4.69, 9.17) is 5.11 Å². The van der Waals surface area contributed by atoms with Crippen molar-refractivity contribution in [3.05, 3.63) is 0 Å². The Morgan fingerprint density at radius 2 is 1.86 bits per heavy atom. The SMILES string of the molecule is CS(=O)(=O)CCC(NC(=O)NCCCC(F)(F)F)C(=O)O. The normalized spacial score (nSPS) is 13.5. The number of carbonyl (C=O) groups is 2. The summed E-state index contributed by atoms with van der Waals surface area (Å²) < 4.78 is 57.4. The number of hydrogen-bond donors (Lipinski definition) is 3. The second kappa shape index (κ2) is 8.05. The molecule has 11 heteroatoms. The fraction of sp³-hybridized carbons (Fsp3) is 0.800. The van der Waals surface area contributed by atoms with Crippen LogP contribution < -0.4 is 10.6 Å². The maximum atomic E-state index is 11.8. The molecule has 3 N–H and O–H groups in total. The first-order valence-electron chi connectivity index (χ1n) is 5.92. The van der Waals surface area contributed by atoms with Gasteiger partial charge in [0.05, 0.1) is 5.75 Å². The molecule has 0 bridgehead atoms. The van der Waals surface area contributed by atoms with Crippen molar-refractivity contribution >= 4 is 21.8 Å². The average molecular weight is 334 g/mol. The summed E-state index contributed by atoms with van der Waals surface area (Å²) in [4.78, 5) is 22.1. The van der Waals surface area contributed by atoms with Gasteiger partial charge in [-0.3, -0.25) is 0 Å². The third-order valence-corrected chi connectivity index (χ3v) is 3.28. The van der Waals surface area contributed by atoms with Crippen molar-refractivity contribution in [2.75, 3.05) is 18.6 Å². The fourth-order valence-electron chi connectivity index (χ4n) is 1.29. The molecule has 2 amide bonds. The van der Waals surface area contributed by atoms with Crippen molar-refractivity contribution in [1.29, 1.82) is 0 Å². The van der Waals surface area contributed by atoms with E-state index in [1.165, 1.54) is 0 Å². The Morgan fingerprint density at radius 1 is 1.29 bits per heavy atom. The minimum Gasteiger partial charge on any atom is -0.480 e. The van der Waals surface area contributed by atoms with Crippen molar-refractivity contribution in [3.8, 4) is 0 Å². The van der Waals surface area contributed by atoms with Gasteiger partial charge in [-0.25, -0.2) is 18.0 Å². The van der Waals surface area contributed by atoms with Gasteiger partial charge >= 0.3 is 18.2 Å². The van der Waals surface area contributed by atoms with E-state index in [9.17, 15) is 31.2 Å². The molecule has 7 nitrogen and oxygen atoms in total. The van der Waals surface area contributed by atoms with E-state index in [0.717, 1.165) is 6.26 Å². The number of urea groups is 1. The summed E-state index contributed by atoms with van der Waals surface area (Å²) in [5.74, 6) is -1.86. The predicted molar refractivity (Wildman–Crippen MR) is 67.6 cm³/mol. The van der Waals surface area contributed by atoms with E-state index < -0.39 is 46.2 Å². The maximum absolute atomic E-state index is 11.8. The summed E-state index contributed by atoms with van der Waals surface area (Å²) in [5, 5.41) is 12.9. The van der Waals surface area contributed by atoms with Crippen LogP contribution in [-0.4, -0.2) is 56.3 Å². The van der Waals surface area contributed by atoms with Crippen LogP contribution in [0.5, 0.6) is 0 Å². The van der Waals surface area contributed by atoms with Gasteiger partial charge in [-0.15, -0.1) is 0 Å². The summed E-state index contributed by atoms with van der Waals surface area (Å²) in [6.45, 7) is -0.274. The Kier molecular flexibility index (Phi) is 7.47. The largest absolute Gasteiger partial charge is 0.480 e. The van der Waals surface area contributed by atoms with Gasteiger partial charge in [0.15, 0.2) is 0 Å². The number of rotatable bonds is 8. The third-order valence-electron chi connectivity index (χ3n) is 2.30. The number of carboxylic acids is 1. The van der Waals surface area contributed by atoms with E-state index in [1.54, 1.807) is 0 Å². The highest BCUT2D eigenvalue weighted by Gasteiger charge is 2.26. The number of amides is 2. The minimum atomic E-state index is -4.32. The zero-order valence-electron chi connectivity index (χ0n) is 11.2. The van der Waals surface area contributed by atoms with E-state index in [1.807, 2.05) is 5.32 Å². The lowest BCUT2D eigenvalue weighted by molar-refractivity contribution is -0.139. The molecule has 0 aliphatic heterocycles. The van der Waals surface area contributed by atoms with Crippen LogP contribution in [0.1, 0.15) is 19.3 Å². The lowest BCUT2D eigenvalue weighted by Gasteiger charge is -2.15. The molecule has 124 valence electrons. The Bertz CT molecular complexity index is 464. The molecule has 0 fully saturated rings. The number of alkyl halides is 3. The van der Waals surface area contributed by atoms with Crippen LogP contribution in [0, 0.1) is 0 Å². The highest BCUT2D eigenvalue weighted by Crippen LogP contribution is 2.20. The van der Waals surface area contributed by atoms with Crippen LogP contribution in [0.4, 0.5) is 18.0 Å². The third kappa shape index (κ3) is 12.0. The predicted octanol–water partition coefficient (Wildman–Crippen LogP) is 0.516. The quantitative estimate of drug-likeness (QED) is 0.560. The highest BCUT2D eigenvalue weighted by atomic mass is 32.2. The van der Waals surface area contributed by atoms with Gasteiger partial charge in [-0.05, 0) is 12.8 Å². The lowest BCUT2D eigenvalue weighted by Crippen LogP contribution is -2.47. The van der Waals surface area contributed by atoms with Gasteiger partial charge in [0, 0.05) is 19.2 Å². The number of nitrogens with one attached hydrogen (secondary N) is 2. The van der Waals surface area contributed by atoms with Crippen LogP contribution in [0.25, 0.3) is 0 Å². The smallest absolute Gasteiger partial charge is 0.389 e. The molecule has 0 spiro atoms. The van der Waals surface area contributed by atoms with E-state index in [0.29, 0.717) is 0 Å². The first kappa shape index (κ1) is 19.5. The molecule has 0 heterocycles. The molecular weight excluding hydrogens is 317 g/mol. The van der Waals surface area contributed by atoms with Gasteiger partial charge in [-0.2, -0.15) is 13.2 Å². The number of aliphatic carboxylic acids is 1. The van der Waals surface area contributed by atoms with Crippen molar-refractivity contribution < 1.29 is 36.3 Å². The van der Waals surface area contributed by atoms with Gasteiger partial charge in [0.2, 0.25) is 0 Å². The molecule has 0 aromatic carbocycles. The number of halogens is 3. The summed E-state index contributed by atoms with van der Waals surface area (Å²) >= 11 is 0. The standard InChI is InChI=1S/C10H17F3N2O5S/c1-21(19,20)6-3-7(8(16)17)15-9(18)14-5-2-4-10(11,12)13/h7H,2-6H2,1H3,(H,16,17)(H2,14,15,18). The van der Waals surface area contributed by atoms with Crippen molar-refractivity contribution in [2.24, 2.45) is 0 Å². The minimum absolute atomic E-state index is 0.274. The summed E-state index contributed by atoms with van der Waals surface area (Å²) in [5.41, 5.74) is 0. The molecule has 1 unspecified atom stereocenters. The number of hydrogen-bond acceptors (Lipinski definition) is 4. The van der Waals surface area contributed by atoms with Gasteiger partial charge < -0.3 is 15.7 Å². The van der Waals surface area contributed by atoms with Gasteiger partial charge in [-0.1, -0.05) is 0 Å². The van der Waals surface area contributed by atoms with Crippen LogP contribution >= 0.6 is 0 Å². The Hall–Kier alpha value is -1.52. The molecule has 0 aliphatic carbocycles. The molecule has 0 aliphatic rings. The molecule has 0 radical (unpaired) electrons. The fourth-order valence-corrected chi connectivity index (χ4v) is 1.95. The summed E-state index contributed by atoms with van der Waals surface area (Å²) in [7, 11) is -3.39. The molecule has 0 aromatic rings. The van der Waals surface area contributed by atoms with E-state index >= 15 is 0 Å². The molecule has 0 aromatic heterocycles. The Morgan fingerprint density at radius 3 is 2.29 bits per heavy atom. The molecule has 21 heavy (non-hydrogen) atoms. The number of sulfone groups is 1.